The second kappa shape index (κ2) is 10.9. The molecule has 29 heavy (non-hydrogen) atoms. The van der Waals surface area contributed by atoms with E-state index in [0.29, 0.717) is 23.8 Å². The summed E-state index contributed by atoms with van der Waals surface area (Å²) in [6.07, 6.45) is 7.92. The summed E-state index contributed by atoms with van der Waals surface area (Å²) in [5.74, 6) is 1.19. The van der Waals surface area contributed by atoms with E-state index in [1.807, 2.05) is 31.2 Å². The number of guanidine groups is 1. The van der Waals surface area contributed by atoms with Crippen molar-refractivity contribution in [2.45, 2.75) is 38.6 Å². The molecule has 0 bridgehead atoms. The van der Waals surface area contributed by atoms with E-state index >= 15 is 0 Å². The minimum atomic E-state index is 0. The summed E-state index contributed by atoms with van der Waals surface area (Å²) in [6.45, 7) is 2.77. The van der Waals surface area contributed by atoms with Crippen LogP contribution in [0.4, 0.5) is 5.82 Å². The summed E-state index contributed by atoms with van der Waals surface area (Å²) < 4.78 is 1.65. The quantitative estimate of drug-likeness (QED) is 0.184. The maximum atomic E-state index is 9.51. The van der Waals surface area contributed by atoms with E-state index < -0.39 is 0 Å². The molecule has 0 saturated carbocycles. The first-order chi connectivity index (χ1) is 13.6. The molecule has 4 N–H and O–H groups in total. The van der Waals surface area contributed by atoms with Gasteiger partial charge in [0.15, 0.2) is 5.96 Å². The Morgan fingerprint density at radius 3 is 2.62 bits per heavy atom. The topological polar surface area (TPSA) is 104 Å². The lowest BCUT2D eigenvalue weighted by Gasteiger charge is -2.16. The fraction of sp³-hybridized carbons (Fsp3) is 0.381. The van der Waals surface area contributed by atoms with Gasteiger partial charge in [0.2, 0.25) is 0 Å². The minimum Gasteiger partial charge on any atom is -0.382 e. The third-order valence-electron chi connectivity index (χ3n) is 4.84. The van der Waals surface area contributed by atoms with Gasteiger partial charge < -0.3 is 16.4 Å². The molecule has 0 saturated heterocycles. The number of nitrogen functional groups attached to an aromatic ring is 1. The molecule has 0 atom stereocenters. The van der Waals surface area contributed by atoms with Crippen molar-refractivity contribution in [1.29, 1.82) is 5.26 Å². The zero-order valence-electron chi connectivity index (χ0n) is 16.9. The lowest BCUT2D eigenvalue weighted by molar-refractivity contribution is 0.627. The molecule has 0 fully saturated rings. The standard InChI is InChI=1S/C21H27N7.HI/c1-15-9-11-17(12-10-15)28-20(23)18(14-22)19(27-28)8-5-13-25-21(24-2)26-16-6-3-4-7-16;/h3-4,9-12,16H,5-8,13,23H2,1-2H3,(H2,24,25,26);1H. The third kappa shape index (κ3) is 5.73. The Balaban J connectivity index is 0.00000300. The van der Waals surface area contributed by atoms with Gasteiger partial charge in [0, 0.05) is 19.6 Å². The highest BCUT2D eigenvalue weighted by Crippen LogP contribution is 2.21. The van der Waals surface area contributed by atoms with Crippen LogP contribution in [0.15, 0.2) is 41.4 Å². The maximum absolute atomic E-state index is 9.51. The number of benzene rings is 1. The van der Waals surface area contributed by atoms with Crippen LogP contribution in [-0.2, 0) is 6.42 Å². The number of aryl methyl sites for hydroxylation is 2. The number of rotatable bonds is 6. The van der Waals surface area contributed by atoms with Gasteiger partial charge in [-0.3, -0.25) is 4.99 Å². The summed E-state index contributed by atoms with van der Waals surface area (Å²) in [7, 11) is 1.77. The number of hydrogen-bond donors (Lipinski definition) is 3. The van der Waals surface area contributed by atoms with Crippen LogP contribution in [0.1, 0.15) is 36.1 Å². The Morgan fingerprint density at radius 1 is 1.31 bits per heavy atom. The molecule has 1 aliphatic carbocycles. The normalized spacial score (nSPS) is 13.8. The zero-order valence-corrected chi connectivity index (χ0v) is 19.2. The van der Waals surface area contributed by atoms with Crippen molar-refractivity contribution in [2.75, 3.05) is 19.3 Å². The largest absolute Gasteiger partial charge is 0.382 e. The van der Waals surface area contributed by atoms with Crippen molar-refractivity contribution in [2.24, 2.45) is 4.99 Å². The number of aromatic nitrogens is 2. The van der Waals surface area contributed by atoms with Gasteiger partial charge in [-0.05, 0) is 44.7 Å². The summed E-state index contributed by atoms with van der Waals surface area (Å²) in [5, 5.41) is 20.8. The van der Waals surface area contributed by atoms with Crippen LogP contribution in [0, 0.1) is 18.3 Å². The second-order valence-corrected chi connectivity index (χ2v) is 6.95. The van der Waals surface area contributed by atoms with Gasteiger partial charge in [0.1, 0.15) is 17.5 Å². The summed E-state index contributed by atoms with van der Waals surface area (Å²) in [6, 6.07) is 10.5. The molecule has 0 radical (unpaired) electrons. The molecular formula is C21H28IN7. The molecule has 1 aromatic carbocycles. The fourth-order valence-electron chi connectivity index (χ4n) is 3.24. The number of hydrogen-bond acceptors (Lipinski definition) is 4. The van der Waals surface area contributed by atoms with Crippen LogP contribution in [0.2, 0.25) is 0 Å². The smallest absolute Gasteiger partial charge is 0.191 e. The van der Waals surface area contributed by atoms with E-state index in [-0.39, 0.29) is 24.0 Å². The van der Waals surface area contributed by atoms with Crippen molar-refractivity contribution >= 4 is 35.8 Å². The van der Waals surface area contributed by atoms with E-state index in [1.165, 1.54) is 0 Å². The van der Waals surface area contributed by atoms with Crippen molar-refractivity contribution < 1.29 is 0 Å². The predicted octanol–water partition coefficient (Wildman–Crippen LogP) is 3.07. The third-order valence-corrected chi connectivity index (χ3v) is 4.84. The van der Waals surface area contributed by atoms with E-state index in [4.69, 9.17) is 5.73 Å². The SMILES string of the molecule is CN=C(NCCCc1nn(-c2ccc(C)cc2)c(N)c1C#N)NC1CC=CC1.I. The first kappa shape index (κ1) is 22.7. The minimum absolute atomic E-state index is 0. The number of nitriles is 1. The van der Waals surface area contributed by atoms with Crippen LogP contribution in [-0.4, -0.2) is 35.4 Å². The Kier molecular flexibility index (Phi) is 8.51. The number of anilines is 1. The Labute approximate surface area is 189 Å². The maximum Gasteiger partial charge on any atom is 0.191 e. The molecule has 3 rings (SSSR count). The van der Waals surface area contributed by atoms with Gasteiger partial charge >= 0.3 is 0 Å². The van der Waals surface area contributed by atoms with Crippen molar-refractivity contribution in [3.8, 4) is 11.8 Å². The van der Waals surface area contributed by atoms with Gasteiger partial charge in [0.05, 0.1) is 11.4 Å². The van der Waals surface area contributed by atoms with Crippen molar-refractivity contribution in [1.82, 2.24) is 20.4 Å². The van der Waals surface area contributed by atoms with E-state index in [0.717, 1.165) is 48.7 Å². The van der Waals surface area contributed by atoms with Gasteiger partial charge in [0.25, 0.3) is 0 Å². The predicted molar refractivity (Wildman–Crippen MR) is 128 cm³/mol. The monoisotopic (exact) mass is 505 g/mol. The highest BCUT2D eigenvalue weighted by Gasteiger charge is 2.16. The number of nitrogens with one attached hydrogen (secondary N) is 2. The van der Waals surface area contributed by atoms with E-state index in [2.05, 4.69) is 38.9 Å². The Bertz CT molecular complexity index is 898. The molecule has 2 aromatic rings. The first-order valence-electron chi connectivity index (χ1n) is 9.59. The zero-order chi connectivity index (χ0) is 19.9. The average molecular weight is 505 g/mol. The molecular weight excluding hydrogens is 477 g/mol. The van der Waals surface area contributed by atoms with Gasteiger partial charge in [-0.2, -0.15) is 10.4 Å². The van der Waals surface area contributed by atoms with Gasteiger partial charge in [-0.15, -0.1) is 24.0 Å². The van der Waals surface area contributed by atoms with Crippen molar-refractivity contribution in [3.05, 3.63) is 53.2 Å². The first-order valence-corrected chi connectivity index (χ1v) is 9.59. The van der Waals surface area contributed by atoms with Crippen LogP contribution < -0.4 is 16.4 Å². The molecule has 1 aromatic heterocycles. The number of halogens is 1. The fourth-order valence-corrected chi connectivity index (χ4v) is 3.24. The second-order valence-electron chi connectivity index (χ2n) is 6.95. The summed E-state index contributed by atoms with van der Waals surface area (Å²) >= 11 is 0. The highest BCUT2D eigenvalue weighted by atomic mass is 127. The Morgan fingerprint density at radius 2 is 2.00 bits per heavy atom. The van der Waals surface area contributed by atoms with Gasteiger partial charge in [-0.1, -0.05) is 29.8 Å². The number of nitrogens with zero attached hydrogens (tertiary/aromatic N) is 4. The van der Waals surface area contributed by atoms with Crippen LogP contribution >= 0.6 is 24.0 Å². The van der Waals surface area contributed by atoms with Crippen molar-refractivity contribution in [3.63, 3.8) is 0 Å². The molecule has 154 valence electrons. The molecule has 0 unspecified atom stereocenters. The molecule has 7 nitrogen and oxygen atoms in total. The Hall–Kier alpha value is -2.54. The molecule has 1 heterocycles. The molecule has 8 heteroatoms. The lowest BCUT2D eigenvalue weighted by atomic mass is 10.1. The van der Waals surface area contributed by atoms with E-state index in [9.17, 15) is 5.26 Å². The van der Waals surface area contributed by atoms with Gasteiger partial charge in [-0.25, -0.2) is 4.68 Å². The number of nitrogens with two attached hydrogens (primary N) is 1. The number of aliphatic imine (C=N–C) groups is 1. The van der Waals surface area contributed by atoms with Crippen LogP contribution in [0.25, 0.3) is 5.69 Å². The summed E-state index contributed by atoms with van der Waals surface area (Å²) in [5.41, 5.74) is 9.39. The van der Waals surface area contributed by atoms with E-state index in [1.54, 1.807) is 11.7 Å². The molecule has 0 aliphatic heterocycles. The summed E-state index contributed by atoms with van der Waals surface area (Å²) in [4.78, 5) is 4.27. The van der Waals surface area contributed by atoms with Crippen LogP contribution in [0.3, 0.4) is 0 Å². The van der Waals surface area contributed by atoms with Crippen LogP contribution in [0.5, 0.6) is 0 Å². The lowest BCUT2D eigenvalue weighted by Crippen LogP contribution is -2.42. The molecule has 1 aliphatic rings. The molecule has 0 spiro atoms. The highest BCUT2D eigenvalue weighted by molar-refractivity contribution is 14.0. The molecule has 0 amide bonds. The average Bonchev–Trinajstić information content (AvgIpc) is 3.32.